The number of fused-ring (bicyclic) bond motifs is 11. The molecule has 0 aliphatic heterocycles. The molecule has 300 valence electrons. The van der Waals surface area contributed by atoms with Gasteiger partial charge in [-0.15, -0.1) is 0 Å². The Hall–Kier alpha value is -11.7. The molecule has 0 fully saturated rings. The Morgan fingerprint density at radius 1 is 0.353 bits per heavy atom. The summed E-state index contributed by atoms with van der Waals surface area (Å²) in [4.78, 5) is 21.1. The molecule has 0 radical (unpaired) electrons. The normalized spacial score (nSPS) is 10.5. The van der Waals surface area contributed by atoms with Crippen molar-refractivity contribution in [2.75, 3.05) is 0 Å². The fraction of sp³-hybridized carbons (Fsp3) is 0. The Balaban J connectivity index is 1.54. The second kappa shape index (κ2) is 15.3. The number of aromatic nitrogens is 2. The molecule has 0 bridgehead atoms. The van der Waals surface area contributed by atoms with Crippen LogP contribution >= 0.6 is 0 Å². The second-order valence-corrected chi connectivity index (χ2v) is 15.2. The zero-order valence-electron chi connectivity index (χ0n) is 34.5. The Bertz CT molecular complexity index is 4510. The molecule has 0 aliphatic rings. The Morgan fingerprint density at radius 3 is 1.22 bits per heavy atom. The highest BCUT2D eigenvalue weighted by molar-refractivity contribution is 6.38. The third kappa shape index (κ3) is 5.13. The van der Waals surface area contributed by atoms with Gasteiger partial charge >= 0.3 is 0 Å². The van der Waals surface area contributed by atoms with Crippen molar-refractivity contribution in [2.45, 2.75) is 0 Å². The van der Waals surface area contributed by atoms with Crippen LogP contribution in [0.15, 0.2) is 91.1 Å². The summed E-state index contributed by atoms with van der Waals surface area (Å²) in [6.07, 6.45) is 1.70. The van der Waals surface area contributed by atoms with Crippen molar-refractivity contribution in [1.82, 2.24) is 9.97 Å². The fourth-order valence-electron chi connectivity index (χ4n) is 9.70. The number of nitriles is 8. The van der Waals surface area contributed by atoms with Crippen molar-refractivity contribution in [3.05, 3.63) is 170 Å². The smallest absolute Gasteiger partial charge is 0.214 e. The summed E-state index contributed by atoms with van der Waals surface area (Å²) in [6, 6.07) is 41.7. The van der Waals surface area contributed by atoms with Crippen molar-refractivity contribution in [2.24, 2.45) is 0 Å². The largest absolute Gasteiger partial charge is 0.254 e. The Labute approximate surface area is 384 Å². The molecular formula is C55H15N13. The van der Waals surface area contributed by atoms with Crippen molar-refractivity contribution >= 4 is 92.7 Å². The zero-order chi connectivity index (χ0) is 47.5. The maximum atomic E-state index is 11.7. The quantitative estimate of drug-likeness (QED) is 0.0906. The molecule has 0 spiro atoms. The van der Waals surface area contributed by atoms with Crippen LogP contribution in [0.25, 0.3) is 113 Å². The molecular weight excluding hydrogens is 843 g/mol. The van der Waals surface area contributed by atoms with E-state index >= 15 is 0 Å². The number of benzene rings is 8. The van der Waals surface area contributed by atoms with Crippen molar-refractivity contribution in [3.8, 4) is 70.9 Å². The molecule has 0 atom stereocenters. The van der Waals surface area contributed by atoms with E-state index < -0.39 is 50.3 Å². The van der Waals surface area contributed by atoms with Gasteiger partial charge in [-0.3, -0.25) is 4.98 Å². The van der Waals surface area contributed by atoms with E-state index in [1.165, 1.54) is 0 Å². The number of hydrogen-bond donors (Lipinski definition) is 0. The van der Waals surface area contributed by atoms with Gasteiger partial charge in [0.1, 0.15) is 24.3 Å². The van der Waals surface area contributed by atoms with Crippen LogP contribution in [-0.2, 0) is 0 Å². The van der Waals surface area contributed by atoms with Crippen molar-refractivity contribution in [3.63, 3.8) is 0 Å². The molecule has 0 saturated heterocycles. The number of hydrogen-bond acceptors (Lipinski definition) is 10. The molecule has 8 aromatic carbocycles. The second-order valence-electron chi connectivity index (χ2n) is 15.2. The third-order valence-corrected chi connectivity index (χ3v) is 12.3. The first-order valence-corrected chi connectivity index (χ1v) is 20.0. The molecule has 0 saturated carbocycles. The zero-order valence-corrected chi connectivity index (χ0v) is 34.5. The molecule has 0 unspecified atom stereocenters. The maximum Gasteiger partial charge on any atom is 0.214 e. The summed E-state index contributed by atoms with van der Waals surface area (Å²) in [5.41, 5.74) is -2.55. The van der Waals surface area contributed by atoms with E-state index in [2.05, 4.69) is 31.7 Å². The van der Waals surface area contributed by atoms with E-state index in [0.717, 1.165) is 10.8 Å². The van der Waals surface area contributed by atoms with Crippen molar-refractivity contribution in [1.29, 1.82) is 42.1 Å². The van der Waals surface area contributed by atoms with Gasteiger partial charge in [-0.2, -0.15) is 42.1 Å². The summed E-state index contributed by atoms with van der Waals surface area (Å²) < 4.78 is 0. The Morgan fingerprint density at radius 2 is 0.765 bits per heavy atom. The van der Waals surface area contributed by atoms with Crippen LogP contribution in [0.4, 0.5) is 17.1 Å². The highest BCUT2D eigenvalue weighted by atomic mass is 14.8. The van der Waals surface area contributed by atoms with Crippen LogP contribution in [-0.4, -0.2) is 9.97 Å². The fourth-order valence-corrected chi connectivity index (χ4v) is 9.70. The minimum absolute atomic E-state index is 0.0656. The first-order chi connectivity index (χ1) is 33.3. The topological polar surface area (TPSA) is 229 Å². The van der Waals surface area contributed by atoms with Gasteiger partial charge in [-0.1, -0.05) is 72.8 Å². The molecule has 68 heavy (non-hydrogen) atoms. The first kappa shape index (κ1) is 40.3. The van der Waals surface area contributed by atoms with E-state index in [1.54, 1.807) is 30.5 Å². The molecule has 2 heterocycles. The van der Waals surface area contributed by atoms with Gasteiger partial charge in [-0.05, 0) is 66.2 Å². The molecule has 0 amide bonds. The minimum atomic E-state index is -0.560. The van der Waals surface area contributed by atoms with Gasteiger partial charge in [0.25, 0.3) is 0 Å². The summed E-state index contributed by atoms with van der Waals surface area (Å²) in [7, 11) is 0. The lowest BCUT2D eigenvalue weighted by Gasteiger charge is -2.23. The summed E-state index contributed by atoms with van der Waals surface area (Å²) in [6.45, 7) is 25.6. The van der Waals surface area contributed by atoms with E-state index in [0.29, 0.717) is 49.4 Å². The highest BCUT2D eigenvalue weighted by Crippen LogP contribution is 2.56. The van der Waals surface area contributed by atoms with Crippen LogP contribution < -0.4 is 0 Å². The standard InChI is InChI=1S/C55H15N13/c1-64-53-37(23-60)33(19-56)35(21-58)44-45-36(22-59)34(20-57)38(24-61)54(65-2)50(45)47-40(26-63)55(66-3)48(39(25-62)46(47)49(44)53)43-31-12-6-4-10-29(31)42(30-11-5-7-13-32(30)43)41-17-16-28-15-14-27-9-8-18-67-51(27)52(28)68-41/h4-18H. The minimum Gasteiger partial charge on any atom is -0.254 e. The number of pyridine rings is 2. The van der Waals surface area contributed by atoms with E-state index in [4.69, 9.17) is 24.7 Å². The SMILES string of the molecule is [C-]#[N+]c1c(-c2c3ccccc3c(-c3ccc4ccc5cccnc5c4n3)c3ccccc23)c(C#N)c2c(c1C#N)c1c([N+]#[C-])c(C#N)c(C#N)c(C#N)c1c1c(C#N)c(C#N)c(C#N)c([N+]#[C-])c12. The molecule has 13 nitrogen and oxygen atoms in total. The predicted molar refractivity (Wildman–Crippen MR) is 252 cm³/mol. The van der Waals surface area contributed by atoms with Crippen LogP contribution in [0, 0.1) is 110 Å². The highest BCUT2D eigenvalue weighted by Gasteiger charge is 2.34. The van der Waals surface area contributed by atoms with E-state index in [9.17, 15) is 42.1 Å². The van der Waals surface area contributed by atoms with Crippen LogP contribution in [0.3, 0.4) is 0 Å². The molecule has 0 N–H and O–H groups in total. The number of nitrogens with zero attached hydrogens (tertiary/aromatic N) is 13. The maximum absolute atomic E-state index is 11.7. The van der Waals surface area contributed by atoms with Crippen LogP contribution in [0.1, 0.15) is 44.5 Å². The van der Waals surface area contributed by atoms with Gasteiger partial charge < -0.3 is 0 Å². The van der Waals surface area contributed by atoms with Gasteiger partial charge in [-0.25, -0.2) is 19.5 Å². The summed E-state index contributed by atoms with van der Waals surface area (Å²) in [5.74, 6) is 0. The average Bonchev–Trinajstić information content (AvgIpc) is 3.39. The van der Waals surface area contributed by atoms with Gasteiger partial charge in [0.15, 0.2) is 0 Å². The first-order valence-electron chi connectivity index (χ1n) is 20.0. The molecule has 10 aromatic rings. The molecule has 0 aliphatic carbocycles. The lowest BCUT2D eigenvalue weighted by molar-refractivity contribution is 1.38. The van der Waals surface area contributed by atoms with Gasteiger partial charge in [0.05, 0.1) is 105 Å². The monoisotopic (exact) mass is 857 g/mol. The van der Waals surface area contributed by atoms with Crippen LogP contribution in [0.5, 0.6) is 0 Å². The van der Waals surface area contributed by atoms with Crippen molar-refractivity contribution < 1.29 is 0 Å². The summed E-state index contributed by atoms with van der Waals surface area (Å²) >= 11 is 0. The van der Waals surface area contributed by atoms with Gasteiger partial charge in [0.2, 0.25) is 17.1 Å². The van der Waals surface area contributed by atoms with E-state index in [-0.39, 0.29) is 49.1 Å². The predicted octanol–water partition coefficient (Wildman–Crippen LogP) is 12.5. The number of rotatable bonds is 2. The average molecular weight is 858 g/mol. The van der Waals surface area contributed by atoms with Gasteiger partial charge in [0, 0.05) is 33.5 Å². The molecule has 10 rings (SSSR count). The third-order valence-electron chi connectivity index (χ3n) is 12.3. The van der Waals surface area contributed by atoms with E-state index in [1.807, 2.05) is 97.1 Å². The lowest BCUT2D eigenvalue weighted by Crippen LogP contribution is -2.03. The van der Waals surface area contributed by atoms with Crippen LogP contribution in [0.2, 0.25) is 0 Å². The Kier molecular flexibility index (Phi) is 9.06. The summed E-state index contributed by atoms with van der Waals surface area (Å²) in [5, 5.41) is 88.8. The molecule has 2 aromatic heterocycles. The molecule has 13 heteroatoms. The lowest BCUT2D eigenvalue weighted by atomic mass is 9.77.